The highest BCUT2D eigenvalue weighted by molar-refractivity contribution is 5.79. The minimum atomic E-state index is 0.0689. The van der Waals surface area contributed by atoms with Gasteiger partial charge in [0.15, 0.2) is 23.6 Å². The number of nitrogens with zero attached hydrogens (tertiary/aromatic N) is 2. The second kappa shape index (κ2) is 6.51. The highest BCUT2D eigenvalue weighted by atomic mass is 16.5. The van der Waals surface area contributed by atoms with Crippen LogP contribution in [0.2, 0.25) is 0 Å². The fourth-order valence-electron chi connectivity index (χ4n) is 1.78. The number of aldehydes is 1. The van der Waals surface area contributed by atoms with E-state index in [2.05, 4.69) is 9.97 Å². The van der Waals surface area contributed by atoms with Gasteiger partial charge in [0.1, 0.15) is 0 Å². The Morgan fingerprint density at radius 2 is 1.95 bits per heavy atom. The second-order valence-electron chi connectivity index (χ2n) is 4.13. The first-order chi connectivity index (χ1) is 10.2. The molecule has 2 rings (SSSR count). The maximum atomic E-state index is 10.5. The minimum Gasteiger partial charge on any atom is -0.493 e. The van der Waals surface area contributed by atoms with Crippen molar-refractivity contribution < 1.29 is 14.3 Å². The van der Waals surface area contributed by atoms with Crippen LogP contribution in [0.1, 0.15) is 5.82 Å². The number of rotatable bonds is 5. The Kier molecular flexibility index (Phi) is 4.50. The summed E-state index contributed by atoms with van der Waals surface area (Å²) in [4.78, 5) is 18.9. The van der Waals surface area contributed by atoms with Gasteiger partial charge in [-0.15, -0.1) is 0 Å². The van der Waals surface area contributed by atoms with Crippen LogP contribution < -0.4 is 15.2 Å². The summed E-state index contributed by atoms with van der Waals surface area (Å²) in [5.41, 5.74) is 7.06. The number of hydrogen-bond donors (Lipinski definition) is 1. The molecule has 0 unspecified atom stereocenters. The average molecular weight is 285 g/mol. The zero-order chi connectivity index (χ0) is 15.2. The second-order valence-corrected chi connectivity index (χ2v) is 4.13. The maximum Gasteiger partial charge on any atom is 0.165 e. The molecule has 1 aromatic carbocycles. The molecule has 0 amide bonds. The van der Waals surface area contributed by atoms with Crippen molar-refractivity contribution >= 4 is 12.4 Å². The van der Waals surface area contributed by atoms with Gasteiger partial charge in [-0.25, -0.2) is 9.97 Å². The van der Waals surface area contributed by atoms with E-state index in [-0.39, 0.29) is 5.70 Å². The first kappa shape index (κ1) is 14.5. The van der Waals surface area contributed by atoms with Crippen molar-refractivity contribution in [3.63, 3.8) is 0 Å². The molecule has 0 aliphatic rings. The maximum absolute atomic E-state index is 10.5. The van der Waals surface area contributed by atoms with Crippen LogP contribution in [0.15, 0.2) is 36.2 Å². The number of benzene rings is 1. The summed E-state index contributed by atoms with van der Waals surface area (Å²) in [7, 11) is 3.15. The normalized spacial score (nSPS) is 11.0. The first-order valence-electron chi connectivity index (χ1n) is 6.15. The summed E-state index contributed by atoms with van der Waals surface area (Å²) >= 11 is 0. The predicted molar refractivity (Wildman–Crippen MR) is 78.8 cm³/mol. The van der Waals surface area contributed by atoms with Crippen LogP contribution in [0, 0.1) is 0 Å². The van der Waals surface area contributed by atoms with E-state index in [1.165, 1.54) is 6.08 Å². The molecule has 0 saturated heterocycles. The van der Waals surface area contributed by atoms with Gasteiger partial charge in [0.25, 0.3) is 0 Å². The van der Waals surface area contributed by atoms with Crippen LogP contribution in [0.25, 0.3) is 17.3 Å². The van der Waals surface area contributed by atoms with E-state index in [1.54, 1.807) is 32.5 Å². The molecule has 1 heterocycles. The highest BCUT2D eigenvalue weighted by Gasteiger charge is 2.07. The molecule has 2 N–H and O–H groups in total. The number of aromatic nitrogens is 2. The van der Waals surface area contributed by atoms with E-state index in [0.717, 1.165) is 5.56 Å². The lowest BCUT2D eigenvalue weighted by Gasteiger charge is -2.09. The third-order valence-electron chi connectivity index (χ3n) is 2.79. The van der Waals surface area contributed by atoms with Gasteiger partial charge in [-0.2, -0.15) is 0 Å². The molecule has 0 saturated carbocycles. The Morgan fingerprint density at radius 3 is 2.62 bits per heavy atom. The summed E-state index contributed by atoms with van der Waals surface area (Å²) < 4.78 is 10.5. The van der Waals surface area contributed by atoms with Crippen molar-refractivity contribution in [2.45, 2.75) is 0 Å². The fraction of sp³-hybridized carbons (Fsp3) is 0.133. The topological polar surface area (TPSA) is 87.3 Å². The Bertz CT molecular complexity index is 684. The van der Waals surface area contributed by atoms with Crippen LogP contribution in [0.3, 0.4) is 0 Å². The molecule has 0 spiro atoms. The molecular weight excluding hydrogens is 270 g/mol. The van der Waals surface area contributed by atoms with E-state index in [9.17, 15) is 4.79 Å². The van der Waals surface area contributed by atoms with E-state index < -0.39 is 0 Å². The highest BCUT2D eigenvalue weighted by Crippen LogP contribution is 2.31. The molecule has 0 aliphatic heterocycles. The van der Waals surface area contributed by atoms with Crippen molar-refractivity contribution in [3.05, 3.63) is 42.0 Å². The number of allylic oxidation sites excluding steroid dienone is 1. The van der Waals surface area contributed by atoms with Gasteiger partial charge in [-0.05, 0) is 24.3 Å². The molecular formula is C15H15N3O3. The number of carbonyl (C=O) groups is 1. The summed E-state index contributed by atoms with van der Waals surface area (Å²) in [5.74, 6) is 1.62. The largest absolute Gasteiger partial charge is 0.493 e. The number of methoxy groups -OCH3 is 2. The number of ether oxygens (including phenoxy) is 2. The Morgan fingerprint density at radius 1 is 1.19 bits per heavy atom. The summed E-state index contributed by atoms with van der Waals surface area (Å²) in [6, 6.07) is 7.24. The Balaban J connectivity index is 2.42. The molecule has 6 nitrogen and oxygen atoms in total. The van der Waals surface area contributed by atoms with Crippen LogP contribution >= 0.6 is 0 Å². The van der Waals surface area contributed by atoms with Gasteiger partial charge in [0.05, 0.1) is 25.6 Å². The Hall–Kier alpha value is -2.89. The van der Waals surface area contributed by atoms with Crippen molar-refractivity contribution in [2.24, 2.45) is 5.73 Å². The van der Waals surface area contributed by atoms with Crippen LogP contribution in [0.4, 0.5) is 0 Å². The van der Waals surface area contributed by atoms with Crippen molar-refractivity contribution in [1.82, 2.24) is 9.97 Å². The Labute approximate surface area is 122 Å². The number of nitrogens with two attached hydrogens (primary N) is 1. The van der Waals surface area contributed by atoms with Crippen molar-refractivity contribution in [2.75, 3.05) is 14.2 Å². The van der Waals surface area contributed by atoms with Gasteiger partial charge in [-0.1, -0.05) is 0 Å². The van der Waals surface area contributed by atoms with E-state index in [4.69, 9.17) is 15.2 Å². The smallest absolute Gasteiger partial charge is 0.165 e. The fourth-order valence-corrected chi connectivity index (χ4v) is 1.78. The lowest BCUT2D eigenvalue weighted by atomic mass is 10.1. The van der Waals surface area contributed by atoms with E-state index >= 15 is 0 Å². The summed E-state index contributed by atoms with van der Waals surface area (Å²) in [5, 5.41) is 0. The lowest BCUT2D eigenvalue weighted by molar-refractivity contribution is -0.104. The quantitative estimate of drug-likeness (QED) is 0.664. The van der Waals surface area contributed by atoms with Gasteiger partial charge < -0.3 is 15.2 Å². The third kappa shape index (κ3) is 3.36. The van der Waals surface area contributed by atoms with Gasteiger partial charge in [0, 0.05) is 17.8 Å². The van der Waals surface area contributed by atoms with Crippen LogP contribution in [0.5, 0.6) is 11.5 Å². The monoisotopic (exact) mass is 285 g/mol. The molecule has 0 aliphatic carbocycles. The van der Waals surface area contributed by atoms with E-state index in [0.29, 0.717) is 29.3 Å². The molecule has 0 bridgehead atoms. The lowest BCUT2D eigenvalue weighted by Crippen LogP contribution is -1.99. The number of carbonyl (C=O) groups excluding carboxylic acids is 1. The van der Waals surface area contributed by atoms with Crippen LogP contribution in [-0.2, 0) is 4.79 Å². The molecule has 21 heavy (non-hydrogen) atoms. The molecule has 0 radical (unpaired) electrons. The van der Waals surface area contributed by atoms with E-state index in [1.807, 2.05) is 12.1 Å². The van der Waals surface area contributed by atoms with Crippen molar-refractivity contribution in [1.29, 1.82) is 0 Å². The van der Waals surface area contributed by atoms with Gasteiger partial charge in [-0.3, -0.25) is 4.79 Å². The average Bonchev–Trinajstić information content (AvgIpc) is 2.54. The molecule has 6 heteroatoms. The van der Waals surface area contributed by atoms with Crippen LogP contribution in [-0.4, -0.2) is 30.5 Å². The SMILES string of the molecule is COc1ccc(-c2ccnc(/C=C(\N)C=O)n2)cc1OC. The molecule has 0 atom stereocenters. The molecule has 2 aromatic rings. The first-order valence-corrected chi connectivity index (χ1v) is 6.15. The molecule has 0 fully saturated rings. The van der Waals surface area contributed by atoms with Gasteiger partial charge >= 0.3 is 0 Å². The molecule has 108 valence electrons. The van der Waals surface area contributed by atoms with Gasteiger partial charge in [0.2, 0.25) is 0 Å². The standard InChI is InChI=1S/C15H15N3O3/c1-20-13-4-3-10(7-14(13)21-2)12-5-6-17-15(18-12)8-11(16)9-19/h3-9H,16H2,1-2H3/b11-8-. The zero-order valence-corrected chi connectivity index (χ0v) is 11.7. The molecule has 1 aromatic heterocycles. The minimum absolute atomic E-state index is 0.0689. The zero-order valence-electron chi connectivity index (χ0n) is 11.7. The predicted octanol–water partition coefficient (Wildman–Crippen LogP) is 1.66. The third-order valence-corrected chi connectivity index (χ3v) is 2.79. The summed E-state index contributed by atoms with van der Waals surface area (Å²) in [6.45, 7) is 0. The number of hydrogen-bond acceptors (Lipinski definition) is 6. The summed E-state index contributed by atoms with van der Waals surface area (Å²) in [6.07, 6.45) is 3.56. The van der Waals surface area contributed by atoms with Crippen molar-refractivity contribution in [3.8, 4) is 22.8 Å².